The number of rotatable bonds is 4. The molecule has 0 atom stereocenters. The van der Waals surface area contributed by atoms with Gasteiger partial charge in [-0.2, -0.15) is 0 Å². The summed E-state index contributed by atoms with van der Waals surface area (Å²) in [5, 5.41) is 0.552. The molecule has 0 aliphatic carbocycles. The van der Waals surface area contributed by atoms with Crippen LogP contribution >= 0.6 is 23.4 Å². The van der Waals surface area contributed by atoms with Crippen LogP contribution in [0.15, 0.2) is 47.7 Å². The summed E-state index contributed by atoms with van der Waals surface area (Å²) < 4.78 is 19.6. The Morgan fingerprint density at radius 2 is 2.15 bits per heavy atom. The number of halogens is 2. The van der Waals surface area contributed by atoms with E-state index in [-0.39, 0.29) is 5.82 Å². The van der Waals surface area contributed by atoms with Crippen LogP contribution < -0.4 is 4.74 Å². The van der Waals surface area contributed by atoms with Gasteiger partial charge in [0.25, 0.3) is 0 Å². The third kappa shape index (κ3) is 3.02. The van der Waals surface area contributed by atoms with Gasteiger partial charge in [-0.15, -0.1) is 11.8 Å². The minimum Gasteiger partial charge on any atom is -0.483 e. The summed E-state index contributed by atoms with van der Waals surface area (Å²) >= 11 is 7.53. The van der Waals surface area contributed by atoms with E-state index in [2.05, 4.69) is 6.58 Å². The van der Waals surface area contributed by atoms with Crippen molar-refractivity contribution in [2.45, 2.75) is 0 Å². The number of benzene rings is 1. The molecule has 1 aliphatic rings. The van der Waals surface area contributed by atoms with Gasteiger partial charge in [0.15, 0.2) is 0 Å². The van der Waals surface area contributed by atoms with Crippen LogP contribution in [0.25, 0.3) is 5.70 Å². The second-order valence-corrected chi connectivity index (χ2v) is 5.48. The molecule has 106 valence electrons. The van der Waals surface area contributed by atoms with Crippen molar-refractivity contribution in [3.8, 4) is 5.75 Å². The topological polar surface area (TPSA) is 12.5 Å². The fraction of sp³-hybridized carbons (Fsp3) is 0.200. The van der Waals surface area contributed by atoms with Crippen LogP contribution in [-0.4, -0.2) is 24.1 Å². The summed E-state index contributed by atoms with van der Waals surface area (Å²) in [5.41, 5.74) is 1.85. The average molecular weight is 312 g/mol. The molecule has 0 saturated heterocycles. The van der Waals surface area contributed by atoms with E-state index < -0.39 is 0 Å². The van der Waals surface area contributed by atoms with Crippen molar-refractivity contribution in [2.24, 2.45) is 0 Å². The fourth-order valence-corrected chi connectivity index (χ4v) is 2.30. The lowest BCUT2D eigenvalue weighted by Crippen LogP contribution is -2.18. The second kappa shape index (κ2) is 6.37. The predicted octanol–water partition coefficient (Wildman–Crippen LogP) is 4.45. The van der Waals surface area contributed by atoms with Crippen LogP contribution in [0.3, 0.4) is 0 Å². The zero-order valence-corrected chi connectivity index (χ0v) is 12.9. The minimum absolute atomic E-state index is 0.332. The fourth-order valence-electron chi connectivity index (χ4n) is 1.86. The summed E-state index contributed by atoms with van der Waals surface area (Å²) in [6, 6.07) is 4.85. The molecule has 20 heavy (non-hydrogen) atoms. The Morgan fingerprint density at radius 3 is 2.80 bits per heavy atom. The molecule has 0 bridgehead atoms. The second-order valence-electron chi connectivity index (χ2n) is 4.26. The first-order valence-electron chi connectivity index (χ1n) is 5.96. The van der Waals surface area contributed by atoms with E-state index in [1.807, 2.05) is 6.26 Å². The van der Waals surface area contributed by atoms with Gasteiger partial charge in [0.2, 0.25) is 0 Å². The summed E-state index contributed by atoms with van der Waals surface area (Å²) in [4.78, 5) is 1.77. The third-order valence-electron chi connectivity index (χ3n) is 2.99. The van der Waals surface area contributed by atoms with Gasteiger partial charge in [-0.05, 0) is 30.5 Å². The highest BCUT2D eigenvalue weighted by atomic mass is 35.5. The van der Waals surface area contributed by atoms with Gasteiger partial charge in [0.05, 0.1) is 16.4 Å². The molecule has 1 aromatic carbocycles. The van der Waals surface area contributed by atoms with Crippen molar-refractivity contribution in [2.75, 3.05) is 19.2 Å². The Balaban J connectivity index is 2.32. The maximum absolute atomic E-state index is 14.2. The van der Waals surface area contributed by atoms with E-state index in [0.717, 1.165) is 0 Å². The molecule has 0 saturated carbocycles. The highest BCUT2D eigenvalue weighted by Crippen LogP contribution is 2.33. The number of likely N-dealkylation sites (N-methyl/N-ethyl adjacent to an activating group) is 1. The number of thioether (sulfide) groups is 1. The highest BCUT2D eigenvalue weighted by molar-refractivity contribution is 7.98. The Morgan fingerprint density at radius 1 is 1.40 bits per heavy atom. The lowest BCUT2D eigenvalue weighted by Gasteiger charge is -2.27. The summed E-state index contributed by atoms with van der Waals surface area (Å²) in [5.74, 6) is 0.685. The molecule has 1 aromatic rings. The highest BCUT2D eigenvalue weighted by Gasteiger charge is 2.19. The lowest BCUT2D eigenvalue weighted by atomic mass is 10.1. The molecule has 5 heteroatoms. The molecular formula is C15H15ClFNOS. The first-order chi connectivity index (χ1) is 9.54. The maximum atomic E-state index is 14.2. The van der Waals surface area contributed by atoms with Crippen molar-refractivity contribution in [3.05, 3.63) is 59.0 Å². The Labute approximate surface area is 127 Å². The summed E-state index contributed by atoms with van der Waals surface area (Å²) in [6.45, 7) is 3.87. The van der Waals surface area contributed by atoms with Gasteiger partial charge in [-0.1, -0.05) is 18.2 Å². The average Bonchev–Trinajstić information content (AvgIpc) is 2.44. The van der Waals surface area contributed by atoms with Crippen molar-refractivity contribution < 1.29 is 9.13 Å². The third-order valence-corrected chi connectivity index (χ3v) is 3.69. The molecule has 0 N–H and O–H groups in total. The predicted molar refractivity (Wildman–Crippen MR) is 84.2 cm³/mol. The molecule has 2 rings (SSSR count). The minimum atomic E-state index is -0.332. The number of allylic oxidation sites excluding steroid dienone is 3. The first kappa shape index (κ1) is 15.0. The van der Waals surface area contributed by atoms with Crippen molar-refractivity contribution in [3.63, 3.8) is 0 Å². The van der Waals surface area contributed by atoms with Gasteiger partial charge >= 0.3 is 0 Å². The van der Waals surface area contributed by atoms with Crippen molar-refractivity contribution in [1.82, 2.24) is 4.90 Å². The lowest BCUT2D eigenvalue weighted by molar-refractivity contribution is 0.390. The molecule has 0 radical (unpaired) electrons. The molecule has 0 amide bonds. The van der Waals surface area contributed by atoms with Crippen LogP contribution in [0, 0.1) is 5.82 Å². The quantitative estimate of drug-likeness (QED) is 0.762. The molecule has 1 heterocycles. The van der Waals surface area contributed by atoms with E-state index in [9.17, 15) is 4.39 Å². The molecule has 0 unspecified atom stereocenters. The monoisotopic (exact) mass is 311 g/mol. The van der Waals surface area contributed by atoms with E-state index in [1.165, 1.54) is 17.8 Å². The molecule has 1 aliphatic heterocycles. The van der Waals surface area contributed by atoms with E-state index in [1.54, 1.807) is 36.2 Å². The van der Waals surface area contributed by atoms with Crippen LogP contribution in [-0.2, 0) is 0 Å². The molecule has 0 aromatic heterocycles. The van der Waals surface area contributed by atoms with Crippen LogP contribution in [0.1, 0.15) is 5.56 Å². The summed E-state index contributed by atoms with van der Waals surface area (Å²) in [6.07, 6.45) is 5.42. The zero-order chi connectivity index (χ0) is 14.7. The van der Waals surface area contributed by atoms with E-state index in [0.29, 0.717) is 33.7 Å². The molecule has 2 nitrogen and oxygen atoms in total. The number of ether oxygens (including phenoxy) is 1. The zero-order valence-electron chi connectivity index (χ0n) is 11.3. The van der Waals surface area contributed by atoms with Gasteiger partial charge in [0, 0.05) is 18.7 Å². The van der Waals surface area contributed by atoms with E-state index in [4.69, 9.17) is 16.3 Å². The van der Waals surface area contributed by atoms with Gasteiger partial charge in [-0.3, -0.25) is 0 Å². The Hall–Kier alpha value is -1.39. The van der Waals surface area contributed by atoms with Crippen LogP contribution in [0.2, 0.25) is 0 Å². The number of hydrogen-bond donors (Lipinski definition) is 0. The number of hydrogen-bond acceptors (Lipinski definition) is 3. The van der Waals surface area contributed by atoms with Crippen molar-refractivity contribution >= 4 is 29.1 Å². The van der Waals surface area contributed by atoms with Crippen LogP contribution in [0.4, 0.5) is 4.39 Å². The Kier molecular flexibility index (Phi) is 4.78. The summed E-state index contributed by atoms with van der Waals surface area (Å²) in [7, 11) is 1.81. The van der Waals surface area contributed by atoms with Gasteiger partial charge in [-0.25, -0.2) is 4.39 Å². The van der Waals surface area contributed by atoms with Crippen LogP contribution in [0.5, 0.6) is 5.75 Å². The Bertz CT molecular complexity index is 598. The molecular weight excluding hydrogens is 297 g/mol. The largest absolute Gasteiger partial charge is 0.483 e. The maximum Gasteiger partial charge on any atom is 0.136 e. The van der Waals surface area contributed by atoms with Crippen molar-refractivity contribution in [1.29, 1.82) is 0 Å². The van der Waals surface area contributed by atoms with E-state index >= 15 is 0 Å². The molecule has 0 spiro atoms. The first-order valence-corrected chi connectivity index (χ1v) is 7.74. The standard InChI is InChI=1S/C15H15ClFNOS/c1-10-13(16)6-7-15(18(10)2)12-5-4-11(8-14(12)17)19-9-20-3/h4-8H,1,9H2,2-3H3. The van der Waals surface area contributed by atoms with Gasteiger partial charge in [0.1, 0.15) is 17.5 Å². The normalized spacial score (nSPS) is 15.0. The number of nitrogens with zero attached hydrogens (tertiary/aromatic N) is 1. The smallest absolute Gasteiger partial charge is 0.136 e. The molecule has 0 fully saturated rings. The van der Waals surface area contributed by atoms with Gasteiger partial charge < -0.3 is 9.64 Å². The SMILES string of the molecule is C=C1C(Cl)=CC=C(c2ccc(OCSC)cc2F)N1C.